The maximum atomic E-state index is 12.5. The van der Waals surface area contributed by atoms with Gasteiger partial charge in [-0.2, -0.15) is 0 Å². The van der Waals surface area contributed by atoms with Gasteiger partial charge in [-0.05, 0) is 56.1 Å². The molecule has 0 aromatic heterocycles. The summed E-state index contributed by atoms with van der Waals surface area (Å²) in [6.07, 6.45) is 0.856. The van der Waals surface area contributed by atoms with Crippen LogP contribution in [0.25, 0.3) is 0 Å². The van der Waals surface area contributed by atoms with E-state index < -0.39 is 0 Å². The van der Waals surface area contributed by atoms with Crippen molar-refractivity contribution >= 4 is 29.1 Å². The van der Waals surface area contributed by atoms with Crippen LogP contribution >= 0.6 is 11.6 Å². The Labute approximate surface area is 172 Å². The molecule has 2 amide bonds. The van der Waals surface area contributed by atoms with Gasteiger partial charge in [0, 0.05) is 10.7 Å². The number of aryl methyl sites for hydroxylation is 1. The zero-order valence-electron chi connectivity index (χ0n) is 16.7. The Morgan fingerprint density at radius 1 is 1.07 bits per heavy atom. The average Bonchev–Trinajstić information content (AvgIpc) is 2.63. The maximum Gasteiger partial charge on any atom is 0.238 e. The second-order valence-electron chi connectivity index (χ2n) is 6.92. The van der Waals surface area contributed by atoms with Gasteiger partial charge in [0.15, 0.2) is 0 Å². The van der Waals surface area contributed by atoms with Crippen LogP contribution in [0.2, 0.25) is 5.02 Å². The Hall–Kier alpha value is -2.37. The van der Waals surface area contributed by atoms with Crippen LogP contribution in [0.4, 0.5) is 5.69 Å². The minimum Gasteiger partial charge on any atom is -0.348 e. The van der Waals surface area contributed by atoms with Crippen LogP contribution < -0.4 is 10.6 Å². The van der Waals surface area contributed by atoms with Crippen LogP contribution in [0, 0.1) is 6.92 Å². The minimum absolute atomic E-state index is 0.121. The first-order valence-corrected chi connectivity index (χ1v) is 9.89. The predicted molar refractivity (Wildman–Crippen MR) is 115 cm³/mol. The zero-order valence-corrected chi connectivity index (χ0v) is 17.4. The smallest absolute Gasteiger partial charge is 0.238 e. The molecule has 5 nitrogen and oxygen atoms in total. The number of benzene rings is 2. The highest BCUT2D eigenvalue weighted by Gasteiger charge is 2.16. The van der Waals surface area contributed by atoms with Crippen LogP contribution in [-0.4, -0.2) is 36.3 Å². The Bertz CT molecular complexity index is 810. The lowest BCUT2D eigenvalue weighted by molar-refractivity contribution is -0.124. The number of carbonyl (C=O) groups is 2. The number of hydrogen-bond donors (Lipinski definition) is 2. The van der Waals surface area contributed by atoms with Crippen molar-refractivity contribution in [1.29, 1.82) is 0 Å². The summed E-state index contributed by atoms with van der Waals surface area (Å²) < 4.78 is 0. The SMILES string of the molecule is CCCN(CC(=O)Nc1ccccc1C)CC(=O)N[C@H](C)c1cccc(Cl)c1. The molecule has 0 spiro atoms. The summed E-state index contributed by atoms with van der Waals surface area (Å²) in [6, 6.07) is 14.9. The van der Waals surface area contributed by atoms with Crippen molar-refractivity contribution in [2.45, 2.75) is 33.2 Å². The molecule has 2 N–H and O–H groups in total. The van der Waals surface area contributed by atoms with Gasteiger partial charge < -0.3 is 10.6 Å². The van der Waals surface area contributed by atoms with Gasteiger partial charge in [-0.15, -0.1) is 0 Å². The number of nitrogens with one attached hydrogen (secondary N) is 2. The van der Waals surface area contributed by atoms with Gasteiger partial charge in [0.05, 0.1) is 19.1 Å². The molecule has 150 valence electrons. The zero-order chi connectivity index (χ0) is 20.5. The Balaban J connectivity index is 1.91. The second-order valence-corrected chi connectivity index (χ2v) is 7.35. The van der Waals surface area contributed by atoms with Crippen molar-refractivity contribution in [1.82, 2.24) is 10.2 Å². The van der Waals surface area contributed by atoms with E-state index in [0.29, 0.717) is 11.6 Å². The molecule has 6 heteroatoms. The summed E-state index contributed by atoms with van der Waals surface area (Å²) in [5.41, 5.74) is 2.74. The van der Waals surface area contributed by atoms with Crippen molar-refractivity contribution in [3.05, 3.63) is 64.7 Å². The number of anilines is 1. The Morgan fingerprint density at radius 2 is 1.79 bits per heavy atom. The molecular weight excluding hydrogens is 374 g/mol. The monoisotopic (exact) mass is 401 g/mol. The summed E-state index contributed by atoms with van der Waals surface area (Å²) in [4.78, 5) is 26.7. The van der Waals surface area contributed by atoms with E-state index in [1.54, 1.807) is 6.07 Å². The molecule has 0 bridgehead atoms. The molecular formula is C22H28ClN3O2. The van der Waals surface area contributed by atoms with Gasteiger partial charge in [-0.3, -0.25) is 14.5 Å². The molecule has 0 saturated carbocycles. The van der Waals surface area contributed by atoms with Gasteiger partial charge in [0.2, 0.25) is 11.8 Å². The number of para-hydroxylation sites is 1. The topological polar surface area (TPSA) is 61.4 Å². The van der Waals surface area contributed by atoms with E-state index in [9.17, 15) is 9.59 Å². The van der Waals surface area contributed by atoms with Crippen LogP contribution in [-0.2, 0) is 9.59 Å². The van der Waals surface area contributed by atoms with E-state index in [1.165, 1.54) is 0 Å². The highest BCUT2D eigenvalue weighted by molar-refractivity contribution is 6.30. The van der Waals surface area contributed by atoms with Crippen molar-refractivity contribution in [3.63, 3.8) is 0 Å². The number of halogens is 1. The molecule has 0 aliphatic carbocycles. The number of nitrogens with zero attached hydrogens (tertiary/aromatic N) is 1. The summed E-state index contributed by atoms with van der Waals surface area (Å²) in [5.74, 6) is -0.247. The molecule has 2 aromatic rings. The lowest BCUT2D eigenvalue weighted by atomic mass is 10.1. The third-order valence-corrected chi connectivity index (χ3v) is 4.65. The molecule has 1 atom stereocenters. The van der Waals surface area contributed by atoms with Crippen LogP contribution in [0.3, 0.4) is 0 Å². The first-order chi connectivity index (χ1) is 13.4. The Kier molecular flexibility index (Phi) is 8.48. The fourth-order valence-electron chi connectivity index (χ4n) is 2.99. The number of rotatable bonds is 9. The molecule has 2 aromatic carbocycles. The lowest BCUT2D eigenvalue weighted by Crippen LogP contribution is -2.42. The molecule has 0 saturated heterocycles. The predicted octanol–water partition coefficient (Wildman–Crippen LogP) is 4.18. The summed E-state index contributed by atoms with van der Waals surface area (Å²) in [6.45, 7) is 6.89. The molecule has 28 heavy (non-hydrogen) atoms. The quantitative estimate of drug-likeness (QED) is 0.662. The first-order valence-electron chi connectivity index (χ1n) is 9.51. The van der Waals surface area contributed by atoms with E-state index >= 15 is 0 Å². The van der Waals surface area contributed by atoms with Crippen LogP contribution in [0.15, 0.2) is 48.5 Å². The highest BCUT2D eigenvalue weighted by Crippen LogP contribution is 2.17. The highest BCUT2D eigenvalue weighted by atomic mass is 35.5. The average molecular weight is 402 g/mol. The van der Waals surface area contributed by atoms with Gasteiger partial charge in [-0.1, -0.05) is 48.9 Å². The number of amides is 2. The normalized spacial score (nSPS) is 11.9. The van der Waals surface area contributed by atoms with Gasteiger partial charge >= 0.3 is 0 Å². The molecule has 2 rings (SSSR count). The summed E-state index contributed by atoms with van der Waals surface area (Å²) >= 11 is 6.02. The third kappa shape index (κ3) is 6.98. The maximum absolute atomic E-state index is 12.5. The number of hydrogen-bond acceptors (Lipinski definition) is 3. The molecule has 0 heterocycles. The number of carbonyl (C=O) groups excluding carboxylic acids is 2. The lowest BCUT2D eigenvalue weighted by Gasteiger charge is -2.22. The Morgan fingerprint density at radius 3 is 2.46 bits per heavy atom. The standard InChI is InChI=1S/C22H28ClN3O2/c1-4-12-26(15-22(28)25-20-11-6-5-8-16(20)2)14-21(27)24-17(3)18-9-7-10-19(23)13-18/h5-11,13,17H,4,12,14-15H2,1-3H3,(H,24,27)(H,25,28)/t17-/m1/s1. The van der Waals surface area contributed by atoms with Crippen molar-refractivity contribution in [2.24, 2.45) is 0 Å². The van der Waals surface area contributed by atoms with E-state index in [1.807, 2.05) is 68.1 Å². The van der Waals surface area contributed by atoms with E-state index in [-0.39, 0.29) is 30.9 Å². The van der Waals surface area contributed by atoms with E-state index in [0.717, 1.165) is 23.2 Å². The molecule has 0 unspecified atom stereocenters. The fourth-order valence-corrected chi connectivity index (χ4v) is 3.18. The van der Waals surface area contributed by atoms with Gasteiger partial charge in [0.25, 0.3) is 0 Å². The van der Waals surface area contributed by atoms with Crippen LogP contribution in [0.5, 0.6) is 0 Å². The van der Waals surface area contributed by atoms with Crippen molar-refractivity contribution in [2.75, 3.05) is 25.0 Å². The molecule has 0 fully saturated rings. The minimum atomic E-state index is -0.157. The van der Waals surface area contributed by atoms with Crippen molar-refractivity contribution in [3.8, 4) is 0 Å². The van der Waals surface area contributed by atoms with E-state index in [2.05, 4.69) is 10.6 Å². The first kappa shape index (κ1) is 21.9. The summed E-state index contributed by atoms with van der Waals surface area (Å²) in [7, 11) is 0. The van der Waals surface area contributed by atoms with Crippen molar-refractivity contribution < 1.29 is 9.59 Å². The molecule has 0 radical (unpaired) electrons. The van der Waals surface area contributed by atoms with Gasteiger partial charge in [-0.25, -0.2) is 0 Å². The molecule has 0 aliphatic heterocycles. The van der Waals surface area contributed by atoms with Gasteiger partial charge in [0.1, 0.15) is 0 Å². The largest absolute Gasteiger partial charge is 0.348 e. The fraction of sp³-hybridized carbons (Fsp3) is 0.364. The summed E-state index contributed by atoms with van der Waals surface area (Å²) in [5, 5.41) is 6.53. The third-order valence-electron chi connectivity index (χ3n) is 4.42. The van der Waals surface area contributed by atoms with Crippen LogP contribution in [0.1, 0.15) is 37.4 Å². The molecule has 0 aliphatic rings. The van der Waals surface area contributed by atoms with E-state index in [4.69, 9.17) is 11.6 Å². The second kappa shape index (κ2) is 10.8.